The molecule has 1 aromatic heterocycles. The third-order valence-corrected chi connectivity index (χ3v) is 5.89. The van der Waals surface area contributed by atoms with Gasteiger partial charge in [0.1, 0.15) is 12.4 Å². The first kappa shape index (κ1) is 17.5. The van der Waals surface area contributed by atoms with Crippen molar-refractivity contribution < 1.29 is 4.74 Å². The molecule has 0 bridgehead atoms. The van der Waals surface area contributed by atoms with Crippen LogP contribution in [-0.2, 0) is 13.2 Å². The minimum atomic E-state index is 0.467. The second-order valence-corrected chi connectivity index (χ2v) is 8.47. The lowest BCUT2D eigenvalue weighted by Gasteiger charge is -2.13. The quantitative estimate of drug-likeness (QED) is 0.519. The lowest BCUT2D eigenvalue weighted by Crippen LogP contribution is -2.21. The van der Waals surface area contributed by atoms with Gasteiger partial charge in [-0.25, -0.2) is 0 Å². The van der Waals surface area contributed by atoms with Crippen LogP contribution in [0.1, 0.15) is 24.3 Å². The van der Waals surface area contributed by atoms with Crippen molar-refractivity contribution in [1.29, 1.82) is 0 Å². The minimum Gasteiger partial charge on any atom is -0.486 e. The van der Waals surface area contributed by atoms with Crippen molar-refractivity contribution in [3.8, 4) is 5.75 Å². The van der Waals surface area contributed by atoms with Crippen molar-refractivity contribution in [1.82, 2.24) is 5.32 Å². The number of nitrogens with one attached hydrogen (secondary N) is 1. The van der Waals surface area contributed by atoms with Gasteiger partial charge in [0.15, 0.2) is 0 Å². The largest absolute Gasteiger partial charge is 0.486 e. The Kier molecular flexibility index (Phi) is 6.75. The first-order chi connectivity index (χ1) is 9.97. The highest BCUT2D eigenvalue weighted by Crippen LogP contribution is 2.36. The van der Waals surface area contributed by atoms with Gasteiger partial charge >= 0.3 is 0 Å². The first-order valence-corrected chi connectivity index (χ1v) is 9.79. The fourth-order valence-corrected chi connectivity index (χ4v) is 4.63. The first-order valence-electron chi connectivity index (χ1n) is 6.53. The third-order valence-electron chi connectivity index (χ3n) is 2.81. The van der Waals surface area contributed by atoms with E-state index in [9.17, 15) is 0 Å². The number of thiophene rings is 1. The molecule has 2 aromatic rings. The Bertz CT molecular complexity index is 590. The summed E-state index contributed by atoms with van der Waals surface area (Å²) in [4.78, 5) is 1.18. The summed E-state index contributed by atoms with van der Waals surface area (Å²) in [6.45, 7) is 5.67. The molecular formula is C15H16Br3NOS. The van der Waals surface area contributed by atoms with Crippen molar-refractivity contribution in [2.24, 2.45) is 0 Å². The molecule has 1 aromatic carbocycles. The molecule has 1 heterocycles. The smallest absolute Gasteiger partial charge is 0.148 e. The molecule has 0 aliphatic carbocycles. The molecule has 0 saturated carbocycles. The van der Waals surface area contributed by atoms with E-state index in [1.54, 1.807) is 11.3 Å². The Morgan fingerprint density at radius 1 is 1.14 bits per heavy atom. The van der Waals surface area contributed by atoms with E-state index in [-0.39, 0.29) is 0 Å². The summed E-state index contributed by atoms with van der Waals surface area (Å²) in [7, 11) is 0. The molecule has 0 spiro atoms. The zero-order valence-electron chi connectivity index (χ0n) is 11.8. The summed E-state index contributed by atoms with van der Waals surface area (Å²) in [6, 6.07) is 6.70. The number of rotatable bonds is 6. The number of hydrogen-bond donors (Lipinski definition) is 1. The maximum atomic E-state index is 5.94. The number of hydrogen-bond acceptors (Lipinski definition) is 3. The molecule has 0 unspecified atom stereocenters. The SMILES string of the molecule is CC(C)NCc1cc(Br)c(OCc2sccc2Br)c(Br)c1. The molecule has 0 saturated heterocycles. The third kappa shape index (κ3) is 5.06. The van der Waals surface area contributed by atoms with Crippen LogP contribution in [0.3, 0.4) is 0 Å². The summed E-state index contributed by atoms with van der Waals surface area (Å²) in [5, 5.41) is 5.46. The molecule has 0 radical (unpaired) electrons. The highest BCUT2D eigenvalue weighted by molar-refractivity contribution is 9.11. The fraction of sp³-hybridized carbons (Fsp3) is 0.333. The van der Waals surface area contributed by atoms with Gasteiger partial charge in [-0.3, -0.25) is 0 Å². The molecule has 2 nitrogen and oxygen atoms in total. The normalized spacial score (nSPS) is 11.1. The van der Waals surface area contributed by atoms with E-state index in [0.29, 0.717) is 12.6 Å². The van der Waals surface area contributed by atoms with Crippen LogP contribution in [0.25, 0.3) is 0 Å². The van der Waals surface area contributed by atoms with Gasteiger partial charge in [0.25, 0.3) is 0 Å². The summed E-state index contributed by atoms with van der Waals surface area (Å²) in [6.07, 6.45) is 0. The van der Waals surface area contributed by atoms with E-state index in [4.69, 9.17) is 4.74 Å². The molecular weight excluding hydrogens is 482 g/mol. The van der Waals surface area contributed by atoms with Crippen molar-refractivity contribution >= 4 is 59.1 Å². The Balaban J connectivity index is 2.08. The van der Waals surface area contributed by atoms with Gasteiger partial charge in [0.05, 0.1) is 13.8 Å². The van der Waals surface area contributed by atoms with E-state index in [1.807, 2.05) is 11.4 Å². The molecule has 114 valence electrons. The maximum absolute atomic E-state index is 5.94. The lowest BCUT2D eigenvalue weighted by atomic mass is 10.2. The van der Waals surface area contributed by atoms with Gasteiger partial charge in [-0.1, -0.05) is 13.8 Å². The van der Waals surface area contributed by atoms with Crippen LogP contribution in [0.5, 0.6) is 5.75 Å². The lowest BCUT2D eigenvalue weighted by molar-refractivity contribution is 0.305. The topological polar surface area (TPSA) is 21.3 Å². The van der Waals surface area contributed by atoms with Gasteiger partial charge in [0.2, 0.25) is 0 Å². The van der Waals surface area contributed by atoms with E-state index in [0.717, 1.165) is 25.7 Å². The summed E-state index contributed by atoms with van der Waals surface area (Å²) >= 11 is 12.4. The summed E-state index contributed by atoms with van der Waals surface area (Å²) in [5.74, 6) is 0.837. The maximum Gasteiger partial charge on any atom is 0.148 e. The molecule has 1 N–H and O–H groups in total. The fourth-order valence-electron chi connectivity index (χ4n) is 1.74. The average molecular weight is 498 g/mol. The van der Waals surface area contributed by atoms with Gasteiger partial charge in [-0.15, -0.1) is 11.3 Å². The van der Waals surface area contributed by atoms with Crippen LogP contribution >= 0.6 is 59.1 Å². The molecule has 0 atom stereocenters. The summed E-state index contributed by atoms with van der Waals surface area (Å²) in [5.41, 5.74) is 1.21. The number of benzene rings is 1. The zero-order valence-corrected chi connectivity index (χ0v) is 17.3. The summed E-state index contributed by atoms with van der Waals surface area (Å²) < 4.78 is 8.96. The van der Waals surface area contributed by atoms with Crippen LogP contribution in [0.4, 0.5) is 0 Å². The second kappa shape index (κ2) is 8.11. The molecule has 6 heteroatoms. The molecule has 0 fully saturated rings. The van der Waals surface area contributed by atoms with Crippen LogP contribution in [0, 0.1) is 0 Å². The van der Waals surface area contributed by atoms with E-state index >= 15 is 0 Å². The van der Waals surface area contributed by atoms with E-state index in [2.05, 4.69) is 79.1 Å². The second-order valence-electron chi connectivity index (χ2n) is 4.90. The van der Waals surface area contributed by atoms with Crippen molar-refractivity contribution in [3.05, 3.63) is 47.4 Å². The van der Waals surface area contributed by atoms with Crippen molar-refractivity contribution in [2.75, 3.05) is 0 Å². The molecule has 21 heavy (non-hydrogen) atoms. The van der Waals surface area contributed by atoms with Gasteiger partial charge in [-0.05, 0) is 76.9 Å². The molecule has 0 aliphatic rings. The van der Waals surface area contributed by atoms with Crippen molar-refractivity contribution in [3.63, 3.8) is 0 Å². The van der Waals surface area contributed by atoms with E-state index in [1.165, 1.54) is 10.4 Å². The zero-order chi connectivity index (χ0) is 15.4. The molecule has 0 aliphatic heterocycles. The van der Waals surface area contributed by atoms with Gasteiger partial charge < -0.3 is 10.1 Å². The minimum absolute atomic E-state index is 0.467. The molecule has 0 amide bonds. The number of halogens is 3. The predicted octanol–water partition coefficient (Wildman–Crippen LogP) is 6.11. The highest BCUT2D eigenvalue weighted by Gasteiger charge is 2.11. The Hall–Kier alpha value is 0.120. The Morgan fingerprint density at radius 2 is 1.81 bits per heavy atom. The average Bonchev–Trinajstić information content (AvgIpc) is 2.81. The Labute approximate surface area is 154 Å². The van der Waals surface area contributed by atoms with Crippen LogP contribution < -0.4 is 10.1 Å². The van der Waals surface area contributed by atoms with E-state index < -0.39 is 0 Å². The van der Waals surface area contributed by atoms with Gasteiger partial charge in [-0.2, -0.15) is 0 Å². The van der Waals surface area contributed by atoms with Gasteiger partial charge in [0, 0.05) is 17.1 Å². The number of ether oxygens (including phenoxy) is 1. The monoisotopic (exact) mass is 495 g/mol. The molecule has 2 rings (SSSR count). The standard InChI is InChI=1S/C15H16Br3NOS/c1-9(2)19-7-10-5-12(17)15(13(18)6-10)20-8-14-11(16)3-4-21-14/h3-6,9,19H,7-8H2,1-2H3. The van der Waals surface area contributed by atoms with Crippen LogP contribution in [0.15, 0.2) is 37.0 Å². The predicted molar refractivity (Wildman–Crippen MR) is 100 cm³/mol. The highest BCUT2D eigenvalue weighted by atomic mass is 79.9. The van der Waals surface area contributed by atoms with Crippen LogP contribution in [-0.4, -0.2) is 6.04 Å². The van der Waals surface area contributed by atoms with Crippen LogP contribution in [0.2, 0.25) is 0 Å². The Morgan fingerprint density at radius 3 is 2.33 bits per heavy atom. The van der Waals surface area contributed by atoms with Crippen molar-refractivity contribution in [2.45, 2.75) is 33.0 Å².